The molecule has 6 nitrogen and oxygen atoms in total. The molecule has 0 spiro atoms. The molecule has 1 N–H and O–H groups in total. The maximum atomic E-state index is 13.2. The van der Waals surface area contributed by atoms with Crippen molar-refractivity contribution in [2.75, 3.05) is 6.79 Å². The summed E-state index contributed by atoms with van der Waals surface area (Å²) in [5.74, 6) is 0.954. The van der Waals surface area contributed by atoms with Crippen molar-refractivity contribution < 1.29 is 18.7 Å². The summed E-state index contributed by atoms with van der Waals surface area (Å²) in [6.45, 7) is 5.91. The normalized spacial score (nSPS) is 12.8. The van der Waals surface area contributed by atoms with E-state index in [0.717, 1.165) is 46.3 Å². The predicted molar refractivity (Wildman–Crippen MR) is 117 cm³/mol. The van der Waals surface area contributed by atoms with Gasteiger partial charge in [0, 0.05) is 22.8 Å². The Hall–Kier alpha value is -3.61. The van der Waals surface area contributed by atoms with Crippen LogP contribution in [0.2, 0.25) is 0 Å². The minimum atomic E-state index is -0.297. The van der Waals surface area contributed by atoms with Gasteiger partial charge in [0.25, 0.3) is 5.91 Å². The van der Waals surface area contributed by atoms with Crippen LogP contribution in [0.1, 0.15) is 40.7 Å². The molecule has 1 aromatic heterocycles. The number of nitrogens with one attached hydrogen (secondary N) is 1. The summed E-state index contributed by atoms with van der Waals surface area (Å²) in [6, 6.07) is 13.9. The number of hydrogen-bond acceptors (Lipinski definition) is 4. The van der Waals surface area contributed by atoms with Gasteiger partial charge < -0.3 is 14.0 Å². The average molecular weight is 421 g/mol. The van der Waals surface area contributed by atoms with E-state index < -0.39 is 0 Å². The number of aromatic nitrogens is 1. The summed E-state index contributed by atoms with van der Waals surface area (Å²) in [5, 5.41) is 4.25. The van der Waals surface area contributed by atoms with Crippen molar-refractivity contribution in [3.8, 4) is 17.2 Å². The van der Waals surface area contributed by atoms with Crippen LogP contribution in [0.4, 0.5) is 4.39 Å². The van der Waals surface area contributed by atoms with Crippen LogP contribution >= 0.6 is 0 Å². The number of aryl methyl sites for hydroxylation is 2. The van der Waals surface area contributed by atoms with Gasteiger partial charge in [-0.2, -0.15) is 5.10 Å². The molecule has 0 fully saturated rings. The minimum absolute atomic E-state index is 0.257. The first kappa shape index (κ1) is 20.7. The molecule has 1 aliphatic rings. The zero-order valence-corrected chi connectivity index (χ0v) is 17.7. The van der Waals surface area contributed by atoms with E-state index in [-0.39, 0.29) is 18.5 Å². The first-order chi connectivity index (χ1) is 14.9. The smallest absolute Gasteiger partial charge is 0.273 e. The molecule has 1 amide bonds. The van der Waals surface area contributed by atoms with E-state index >= 15 is 0 Å². The Morgan fingerprint density at radius 2 is 1.84 bits per heavy atom. The molecule has 0 unspecified atom stereocenters. The largest absolute Gasteiger partial charge is 0.454 e. The van der Waals surface area contributed by atoms with Crippen molar-refractivity contribution >= 4 is 11.6 Å². The highest BCUT2D eigenvalue weighted by Crippen LogP contribution is 2.32. The molecule has 0 bridgehead atoms. The lowest BCUT2D eigenvalue weighted by atomic mass is 10.1. The van der Waals surface area contributed by atoms with E-state index in [2.05, 4.69) is 10.5 Å². The van der Waals surface area contributed by atoms with Gasteiger partial charge >= 0.3 is 0 Å². The van der Waals surface area contributed by atoms with Gasteiger partial charge in [0.2, 0.25) is 6.79 Å². The van der Waals surface area contributed by atoms with Crippen LogP contribution < -0.4 is 14.9 Å². The van der Waals surface area contributed by atoms with Crippen LogP contribution in [0.15, 0.2) is 53.6 Å². The summed E-state index contributed by atoms with van der Waals surface area (Å²) in [6.07, 6.45) is 1.48. The van der Waals surface area contributed by atoms with E-state index in [1.54, 1.807) is 12.1 Å². The third-order valence-electron chi connectivity index (χ3n) is 5.32. The molecule has 2 heterocycles. The second kappa shape index (κ2) is 8.63. The first-order valence-corrected chi connectivity index (χ1v) is 10.1. The highest BCUT2D eigenvalue weighted by Gasteiger charge is 2.17. The molecule has 0 atom stereocenters. The molecule has 31 heavy (non-hydrogen) atoms. The van der Waals surface area contributed by atoms with Gasteiger partial charge in [-0.15, -0.1) is 0 Å². The first-order valence-electron chi connectivity index (χ1n) is 10.1. The van der Waals surface area contributed by atoms with E-state index in [1.807, 2.05) is 49.6 Å². The number of carbonyl (C=O) groups is 1. The summed E-state index contributed by atoms with van der Waals surface area (Å²) in [4.78, 5) is 12.7. The Morgan fingerprint density at radius 3 is 2.61 bits per heavy atom. The number of nitrogens with zero attached hydrogens (tertiary/aromatic N) is 2. The van der Waals surface area contributed by atoms with Crippen LogP contribution in [0.25, 0.3) is 5.69 Å². The third kappa shape index (κ3) is 4.45. The summed E-state index contributed by atoms with van der Waals surface area (Å²) >= 11 is 0. The molecule has 0 aliphatic carbocycles. The van der Waals surface area contributed by atoms with Gasteiger partial charge in [0.1, 0.15) is 5.82 Å². The Morgan fingerprint density at radius 1 is 1.10 bits per heavy atom. The molecule has 0 saturated heterocycles. The Bertz CT molecular complexity index is 1150. The quantitative estimate of drug-likeness (QED) is 0.463. The van der Waals surface area contributed by atoms with Gasteiger partial charge in [-0.3, -0.25) is 4.79 Å². The van der Waals surface area contributed by atoms with Crippen LogP contribution in [0, 0.1) is 19.7 Å². The number of ether oxygens (including phenoxy) is 2. The van der Waals surface area contributed by atoms with Gasteiger partial charge in [-0.1, -0.05) is 6.07 Å². The fraction of sp³-hybridized carbons (Fsp3) is 0.250. The number of halogens is 1. The second-order valence-electron chi connectivity index (χ2n) is 7.57. The fourth-order valence-corrected chi connectivity index (χ4v) is 3.66. The van der Waals surface area contributed by atoms with Crippen LogP contribution in [-0.4, -0.2) is 23.0 Å². The molecule has 4 rings (SSSR count). The number of benzene rings is 2. The Labute approximate surface area is 180 Å². The number of carbonyl (C=O) groups excluding carboxylic acids is 1. The zero-order valence-electron chi connectivity index (χ0n) is 17.7. The van der Waals surface area contributed by atoms with Crippen LogP contribution in [0.5, 0.6) is 11.5 Å². The maximum absolute atomic E-state index is 13.2. The lowest BCUT2D eigenvalue weighted by molar-refractivity contribution is 0.0954. The third-order valence-corrected chi connectivity index (χ3v) is 5.32. The van der Waals surface area contributed by atoms with Crippen molar-refractivity contribution in [3.05, 3.63) is 76.9 Å². The monoisotopic (exact) mass is 421 g/mol. The molecule has 160 valence electrons. The topological polar surface area (TPSA) is 64.8 Å². The summed E-state index contributed by atoms with van der Waals surface area (Å²) < 4.78 is 25.9. The lowest BCUT2D eigenvalue weighted by Crippen LogP contribution is -2.20. The lowest BCUT2D eigenvalue weighted by Gasteiger charge is -2.09. The fourth-order valence-electron chi connectivity index (χ4n) is 3.66. The summed E-state index contributed by atoms with van der Waals surface area (Å²) in [7, 11) is 0. The van der Waals surface area contributed by atoms with Gasteiger partial charge in [0.05, 0.1) is 5.56 Å². The van der Waals surface area contributed by atoms with Crippen molar-refractivity contribution in [2.24, 2.45) is 5.10 Å². The molecular formula is C24H24FN3O3. The zero-order chi connectivity index (χ0) is 22.0. The van der Waals surface area contributed by atoms with E-state index in [4.69, 9.17) is 9.47 Å². The van der Waals surface area contributed by atoms with E-state index in [1.165, 1.54) is 12.1 Å². The van der Waals surface area contributed by atoms with Gasteiger partial charge in [-0.05, 0) is 81.6 Å². The standard InChI is InChI=1S/C24H24FN3O3/c1-15(4-5-18-6-11-22-23(13-18)31-14-30-22)26-27-24(29)21-12-16(2)28(17(21)3)20-9-7-19(25)8-10-20/h6-13H,4-5,14H2,1-3H3,(H,27,29). The van der Waals surface area contributed by atoms with E-state index in [9.17, 15) is 9.18 Å². The van der Waals surface area contributed by atoms with Crippen LogP contribution in [-0.2, 0) is 6.42 Å². The van der Waals surface area contributed by atoms with E-state index in [0.29, 0.717) is 12.0 Å². The highest BCUT2D eigenvalue weighted by molar-refractivity contribution is 5.96. The number of amides is 1. The van der Waals surface area contributed by atoms with Gasteiger partial charge in [-0.25, -0.2) is 9.82 Å². The minimum Gasteiger partial charge on any atom is -0.454 e. The average Bonchev–Trinajstić information content (AvgIpc) is 3.34. The van der Waals surface area contributed by atoms with Crippen molar-refractivity contribution in [2.45, 2.75) is 33.6 Å². The molecule has 0 radical (unpaired) electrons. The summed E-state index contributed by atoms with van der Waals surface area (Å²) in [5.41, 5.74) is 7.59. The van der Waals surface area contributed by atoms with Crippen molar-refractivity contribution in [1.82, 2.24) is 9.99 Å². The molecule has 3 aromatic rings. The number of hydrogen-bond donors (Lipinski definition) is 1. The molecule has 0 saturated carbocycles. The molecule has 1 aliphatic heterocycles. The second-order valence-corrected chi connectivity index (χ2v) is 7.57. The maximum Gasteiger partial charge on any atom is 0.273 e. The number of rotatable bonds is 6. The highest BCUT2D eigenvalue weighted by atomic mass is 19.1. The number of fused-ring (bicyclic) bond motifs is 1. The van der Waals surface area contributed by atoms with Gasteiger partial charge in [0.15, 0.2) is 11.5 Å². The Balaban J connectivity index is 1.40. The number of hydrazone groups is 1. The van der Waals surface area contributed by atoms with Crippen molar-refractivity contribution in [1.29, 1.82) is 0 Å². The molecule has 7 heteroatoms. The molecule has 2 aromatic carbocycles. The Kier molecular flexibility index (Phi) is 5.75. The predicted octanol–water partition coefficient (Wildman–Crippen LogP) is 4.70. The molecular weight excluding hydrogens is 397 g/mol. The van der Waals surface area contributed by atoms with Crippen molar-refractivity contribution in [3.63, 3.8) is 0 Å². The van der Waals surface area contributed by atoms with Crippen LogP contribution in [0.3, 0.4) is 0 Å². The SMILES string of the molecule is CC(CCc1ccc2c(c1)OCO2)=NNC(=O)c1cc(C)n(-c2ccc(F)cc2)c1C.